The van der Waals surface area contributed by atoms with Gasteiger partial charge in [0.1, 0.15) is 0 Å². The summed E-state index contributed by atoms with van der Waals surface area (Å²) >= 11 is 0. The molecule has 1 aliphatic carbocycles. The number of carbonyl (C=O) groups is 3. The minimum absolute atomic E-state index is 0.0361. The van der Waals surface area contributed by atoms with E-state index in [0.29, 0.717) is 11.5 Å². The minimum Gasteiger partial charge on any atom is -0.478 e. The lowest BCUT2D eigenvalue weighted by molar-refractivity contribution is 0.0533. The number of amides is 2. The van der Waals surface area contributed by atoms with Gasteiger partial charge in [0, 0.05) is 6.04 Å². The zero-order chi connectivity index (χ0) is 15.1. The van der Waals surface area contributed by atoms with E-state index in [1.807, 2.05) is 0 Å². The highest BCUT2D eigenvalue weighted by molar-refractivity contribution is 6.22. The molecule has 0 bridgehead atoms. The Morgan fingerprint density at radius 2 is 1.71 bits per heavy atom. The smallest absolute Gasteiger partial charge is 0.335 e. The van der Waals surface area contributed by atoms with Crippen LogP contribution in [0.4, 0.5) is 0 Å². The molecule has 0 spiro atoms. The number of fused-ring (bicyclic) bond motifs is 1. The van der Waals surface area contributed by atoms with E-state index < -0.39 is 5.97 Å². The molecule has 0 aromatic heterocycles. The van der Waals surface area contributed by atoms with Crippen molar-refractivity contribution < 1.29 is 19.5 Å². The Labute approximate surface area is 122 Å². The number of carboxylic acids is 1. The molecule has 1 fully saturated rings. The first kappa shape index (κ1) is 13.8. The van der Waals surface area contributed by atoms with E-state index in [1.54, 1.807) is 0 Å². The Morgan fingerprint density at radius 3 is 2.33 bits per heavy atom. The lowest BCUT2D eigenvalue weighted by atomic mass is 9.86. The average Bonchev–Trinajstić information content (AvgIpc) is 2.72. The Morgan fingerprint density at radius 1 is 1.10 bits per heavy atom. The summed E-state index contributed by atoms with van der Waals surface area (Å²) in [5.74, 6) is -1.10. The molecule has 0 saturated heterocycles. The third-order valence-corrected chi connectivity index (χ3v) is 4.52. The van der Waals surface area contributed by atoms with E-state index in [9.17, 15) is 14.4 Å². The number of nitrogens with zero attached hydrogens (tertiary/aromatic N) is 1. The number of aromatic carboxylic acids is 1. The molecule has 1 aliphatic heterocycles. The number of carboxylic acid groups (broad SMARTS) is 1. The van der Waals surface area contributed by atoms with Crippen molar-refractivity contribution >= 4 is 17.8 Å². The van der Waals surface area contributed by atoms with Gasteiger partial charge in [0.05, 0.1) is 16.7 Å². The van der Waals surface area contributed by atoms with Crippen LogP contribution in [0.5, 0.6) is 0 Å². The molecule has 0 radical (unpaired) electrons. The first-order valence-electron chi connectivity index (χ1n) is 7.24. The van der Waals surface area contributed by atoms with Crippen molar-refractivity contribution in [1.82, 2.24) is 4.90 Å². The molecular weight excluding hydrogens is 270 g/mol. The number of benzene rings is 1. The van der Waals surface area contributed by atoms with Crippen LogP contribution in [0.3, 0.4) is 0 Å². The maximum Gasteiger partial charge on any atom is 0.335 e. The molecule has 1 aromatic carbocycles. The van der Waals surface area contributed by atoms with Crippen LogP contribution in [0.15, 0.2) is 18.2 Å². The zero-order valence-corrected chi connectivity index (χ0v) is 11.8. The second-order valence-corrected chi connectivity index (χ2v) is 5.96. The number of carbonyl (C=O) groups excluding carboxylic acids is 2. The second kappa shape index (κ2) is 4.98. The van der Waals surface area contributed by atoms with Crippen LogP contribution in [0.25, 0.3) is 0 Å². The molecule has 3 rings (SSSR count). The molecule has 2 amide bonds. The standard InChI is InChI=1S/C16H17NO4/c1-9-2-5-11(6-3-9)17-14(18)12-7-4-10(16(20)21)8-13(12)15(17)19/h4,7-9,11H,2-3,5-6H2,1H3,(H,20,21). The molecule has 2 aliphatic rings. The van der Waals surface area contributed by atoms with Crippen LogP contribution in [-0.4, -0.2) is 33.8 Å². The van der Waals surface area contributed by atoms with Gasteiger partial charge in [-0.3, -0.25) is 14.5 Å². The van der Waals surface area contributed by atoms with Crippen molar-refractivity contribution in [3.63, 3.8) is 0 Å². The Balaban J connectivity index is 1.91. The molecule has 110 valence electrons. The highest BCUT2D eigenvalue weighted by Crippen LogP contribution is 2.33. The van der Waals surface area contributed by atoms with Gasteiger partial charge in [-0.05, 0) is 49.8 Å². The van der Waals surface area contributed by atoms with Gasteiger partial charge in [-0.25, -0.2) is 4.79 Å². The molecule has 1 N–H and O–H groups in total. The predicted molar refractivity (Wildman–Crippen MR) is 75.3 cm³/mol. The van der Waals surface area contributed by atoms with E-state index in [0.717, 1.165) is 25.7 Å². The van der Waals surface area contributed by atoms with E-state index in [2.05, 4.69) is 6.92 Å². The third kappa shape index (κ3) is 2.22. The minimum atomic E-state index is -1.09. The molecule has 21 heavy (non-hydrogen) atoms. The quantitative estimate of drug-likeness (QED) is 0.848. The molecule has 5 nitrogen and oxygen atoms in total. The number of imide groups is 1. The number of hydrogen-bond acceptors (Lipinski definition) is 3. The third-order valence-electron chi connectivity index (χ3n) is 4.52. The van der Waals surface area contributed by atoms with Gasteiger partial charge in [0.2, 0.25) is 0 Å². The van der Waals surface area contributed by atoms with Crippen LogP contribution >= 0.6 is 0 Å². The van der Waals surface area contributed by atoms with Gasteiger partial charge in [-0.2, -0.15) is 0 Å². The van der Waals surface area contributed by atoms with Gasteiger partial charge in [-0.15, -0.1) is 0 Å². The van der Waals surface area contributed by atoms with E-state index in [-0.39, 0.29) is 29.0 Å². The fourth-order valence-electron chi connectivity index (χ4n) is 3.22. The number of hydrogen-bond donors (Lipinski definition) is 1. The van der Waals surface area contributed by atoms with Gasteiger partial charge < -0.3 is 5.11 Å². The van der Waals surface area contributed by atoms with Gasteiger partial charge in [-0.1, -0.05) is 6.92 Å². The van der Waals surface area contributed by atoms with Gasteiger partial charge >= 0.3 is 5.97 Å². The monoisotopic (exact) mass is 287 g/mol. The van der Waals surface area contributed by atoms with Crippen LogP contribution in [0.1, 0.15) is 63.7 Å². The van der Waals surface area contributed by atoms with Crippen LogP contribution in [0.2, 0.25) is 0 Å². The van der Waals surface area contributed by atoms with E-state index >= 15 is 0 Å². The topological polar surface area (TPSA) is 74.7 Å². The highest BCUT2D eigenvalue weighted by atomic mass is 16.4. The maximum absolute atomic E-state index is 12.5. The lowest BCUT2D eigenvalue weighted by Gasteiger charge is -2.32. The molecule has 1 saturated carbocycles. The largest absolute Gasteiger partial charge is 0.478 e. The summed E-state index contributed by atoms with van der Waals surface area (Å²) in [5, 5.41) is 9.00. The fraction of sp³-hybridized carbons (Fsp3) is 0.438. The first-order valence-corrected chi connectivity index (χ1v) is 7.24. The first-order chi connectivity index (χ1) is 9.99. The zero-order valence-electron chi connectivity index (χ0n) is 11.8. The lowest BCUT2D eigenvalue weighted by Crippen LogP contribution is -2.41. The summed E-state index contributed by atoms with van der Waals surface area (Å²) in [6.07, 6.45) is 3.69. The summed E-state index contributed by atoms with van der Waals surface area (Å²) in [5.41, 5.74) is 0.580. The van der Waals surface area contributed by atoms with Crippen molar-refractivity contribution in [3.05, 3.63) is 34.9 Å². The molecule has 1 aromatic rings. The van der Waals surface area contributed by atoms with Crippen molar-refractivity contribution in [3.8, 4) is 0 Å². The van der Waals surface area contributed by atoms with Gasteiger partial charge in [0.15, 0.2) is 0 Å². The summed E-state index contributed by atoms with van der Waals surface area (Å²) in [6, 6.07) is 4.08. The van der Waals surface area contributed by atoms with Crippen molar-refractivity contribution in [1.29, 1.82) is 0 Å². The molecule has 5 heteroatoms. The average molecular weight is 287 g/mol. The Kier molecular flexibility index (Phi) is 3.27. The summed E-state index contributed by atoms with van der Waals surface area (Å²) in [4.78, 5) is 37.2. The molecule has 0 atom stereocenters. The fourth-order valence-corrected chi connectivity index (χ4v) is 3.22. The van der Waals surface area contributed by atoms with Crippen molar-refractivity contribution in [2.45, 2.75) is 38.6 Å². The maximum atomic E-state index is 12.5. The summed E-state index contributed by atoms with van der Waals surface area (Å²) < 4.78 is 0. The summed E-state index contributed by atoms with van der Waals surface area (Å²) in [6.45, 7) is 2.18. The van der Waals surface area contributed by atoms with E-state index in [4.69, 9.17) is 5.11 Å². The Bertz CT molecular complexity index is 629. The normalized spacial score (nSPS) is 25.1. The number of rotatable bonds is 2. The highest BCUT2D eigenvalue weighted by Gasteiger charge is 2.41. The van der Waals surface area contributed by atoms with Gasteiger partial charge in [0.25, 0.3) is 11.8 Å². The van der Waals surface area contributed by atoms with Crippen LogP contribution in [-0.2, 0) is 0 Å². The Hall–Kier alpha value is -2.17. The SMILES string of the molecule is CC1CCC(N2C(=O)c3ccc(C(=O)O)cc3C2=O)CC1. The predicted octanol–water partition coefficient (Wildman–Crippen LogP) is 2.56. The molecular formula is C16H17NO4. The van der Waals surface area contributed by atoms with Crippen molar-refractivity contribution in [2.24, 2.45) is 5.92 Å². The summed E-state index contributed by atoms with van der Waals surface area (Å²) in [7, 11) is 0. The van der Waals surface area contributed by atoms with Crippen LogP contribution < -0.4 is 0 Å². The van der Waals surface area contributed by atoms with E-state index in [1.165, 1.54) is 23.1 Å². The van der Waals surface area contributed by atoms with Crippen LogP contribution in [0, 0.1) is 5.92 Å². The second-order valence-electron chi connectivity index (χ2n) is 5.96. The molecule has 1 heterocycles. The van der Waals surface area contributed by atoms with Crippen molar-refractivity contribution in [2.75, 3.05) is 0 Å². The molecule has 0 unspecified atom stereocenters.